The predicted octanol–water partition coefficient (Wildman–Crippen LogP) is 0.448. The third kappa shape index (κ3) is 2.38. The van der Waals surface area contributed by atoms with Crippen LogP contribution in [0.5, 0.6) is 0 Å². The molecule has 5 heteroatoms. The lowest BCUT2D eigenvalue weighted by Gasteiger charge is -2.22. The highest BCUT2D eigenvalue weighted by molar-refractivity contribution is 5.73. The Hall–Kier alpha value is -1.65. The molecule has 1 aliphatic rings. The molecule has 0 aromatic carbocycles. The summed E-state index contributed by atoms with van der Waals surface area (Å²) in [5.74, 6) is -0.296. The van der Waals surface area contributed by atoms with Crippen LogP contribution < -0.4 is 5.56 Å². The van der Waals surface area contributed by atoms with Gasteiger partial charge in [0, 0.05) is 13.1 Å². The summed E-state index contributed by atoms with van der Waals surface area (Å²) >= 11 is 0. The highest BCUT2D eigenvalue weighted by Crippen LogP contribution is 2.23. The minimum absolute atomic E-state index is 0.128. The van der Waals surface area contributed by atoms with Gasteiger partial charge in [0.1, 0.15) is 0 Å². The van der Waals surface area contributed by atoms with Crippen molar-refractivity contribution in [3.8, 4) is 0 Å². The number of rotatable bonds is 2. The number of aromatic nitrogens is 2. The van der Waals surface area contributed by atoms with Crippen molar-refractivity contribution < 1.29 is 9.53 Å². The third-order valence-electron chi connectivity index (χ3n) is 3.07. The maximum absolute atomic E-state index is 11.6. The third-order valence-corrected chi connectivity index (χ3v) is 3.07. The lowest BCUT2D eigenvalue weighted by molar-refractivity contribution is -0.148. The lowest BCUT2D eigenvalue weighted by atomic mass is 9.87. The molecule has 0 bridgehead atoms. The minimum Gasteiger partial charge on any atom is -0.466 e. The second-order valence-electron chi connectivity index (χ2n) is 4.27. The molecule has 0 saturated carbocycles. The molecule has 1 aromatic rings. The fourth-order valence-electron chi connectivity index (χ4n) is 2.15. The van der Waals surface area contributed by atoms with Crippen molar-refractivity contribution in [3.05, 3.63) is 27.7 Å². The van der Waals surface area contributed by atoms with Crippen LogP contribution in [0.4, 0.5) is 0 Å². The van der Waals surface area contributed by atoms with Gasteiger partial charge in [-0.1, -0.05) is 0 Å². The predicted molar refractivity (Wildman–Crippen MR) is 61.6 cm³/mol. The van der Waals surface area contributed by atoms with Gasteiger partial charge in [0.25, 0.3) is 5.56 Å². The zero-order valence-electron chi connectivity index (χ0n) is 10.1. The zero-order valence-corrected chi connectivity index (χ0v) is 10.1. The van der Waals surface area contributed by atoms with Crippen molar-refractivity contribution in [2.75, 3.05) is 6.61 Å². The van der Waals surface area contributed by atoms with E-state index in [-0.39, 0.29) is 17.4 Å². The van der Waals surface area contributed by atoms with Gasteiger partial charge in [0.05, 0.1) is 18.2 Å². The largest absolute Gasteiger partial charge is 0.466 e. The van der Waals surface area contributed by atoms with Crippen molar-refractivity contribution in [3.63, 3.8) is 0 Å². The summed E-state index contributed by atoms with van der Waals surface area (Å²) in [6.45, 7) is 2.20. The molecule has 5 nitrogen and oxygen atoms in total. The smallest absolute Gasteiger partial charge is 0.309 e. The first-order chi connectivity index (χ1) is 8.11. The highest BCUT2D eigenvalue weighted by Gasteiger charge is 2.27. The van der Waals surface area contributed by atoms with E-state index in [1.165, 1.54) is 4.68 Å². The van der Waals surface area contributed by atoms with Crippen LogP contribution >= 0.6 is 0 Å². The average molecular weight is 236 g/mol. The normalized spacial score (nSPS) is 18.6. The van der Waals surface area contributed by atoms with Gasteiger partial charge in [-0.05, 0) is 31.7 Å². The Balaban J connectivity index is 2.21. The summed E-state index contributed by atoms with van der Waals surface area (Å²) in [5, 5.41) is 4.21. The molecule has 1 atom stereocenters. The molecule has 17 heavy (non-hydrogen) atoms. The van der Waals surface area contributed by atoms with Gasteiger partial charge < -0.3 is 4.74 Å². The van der Waals surface area contributed by atoms with E-state index in [0.29, 0.717) is 13.0 Å². The number of carbonyl (C=O) groups is 1. The molecule has 0 spiro atoms. The van der Waals surface area contributed by atoms with Crippen molar-refractivity contribution in [1.82, 2.24) is 9.78 Å². The van der Waals surface area contributed by atoms with E-state index in [1.54, 1.807) is 20.0 Å². The summed E-state index contributed by atoms with van der Waals surface area (Å²) in [6, 6.07) is 1.58. The van der Waals surface area contributed by atoms with E-state index in [4.69, 9.17) is 4.74 Å². The molecular formula is C12H16N2O3. The minimum atomic E-state index is -0.168. The molecule has 0 N–H and O–H groups in total. The van der Waals surface area contributed by atoms with Crippen molar-refractivity contribution >= 4 is 5.97 Å². The Labute approximate surface area is 99.4 Å². The van der Waals surface area contributed by atoms with E-state index in [9.17, 15) is 9.59 Å². The van der Waals surface area contributed by atoms with E-state index in [2.05, 4.69) is 5.10 Å². The van der Waals surface area contributed by atoms with Gasteiger partial charge >= 0.3 is 5.97 Å². The quantitative estimate of drug-likeness (QED) is 0.699. The number of esters is 1. The maximum Gasteiger partial charge on any atom is 0.309 e. The molecule has 0 unspecified atom stereocenters. The molecule has 0 fully saturated rings. The molecule has 0 aliphatic heterocycles. The number of hydrogen-bond donors (Lipinski definition) is 0. The van der Waals surface area contributed by atoms with Crippen LogP contribution in [-0.4, -0.2) is 22.4 Å². The second-order valence-corrected chi connectivity index (χ2v) is 4.27. The maximum atomic E-state index is 11.6. The Morgan fingerprint density at radius 3 is 3.12 bits per heavy atom. The number of fused-ring (bicyclic) bond motifs is 1. The summed E-state index contributed by atoms with van der Waals surface area (Å²) in [6.07, 6.45) is 2.04. The van der Waals surface area contributed by atoms with Crippen LogP contribution in [-0.2, 0) is 29.4 Å². The number of ether oxygens (including phenoxy) is 1. The Bertz CT molecular complexity index is 493. The lowest BCUT2D eigenvalue weighted by Crippen LogP contribution is -2.29. The number of hydrogen-bond acceptors (Lipinski definition) is 4. The summed E-state index contributed by atoms with van der Waals surface area (Å²) in [7, 11) is 1.64. The molecular weight excluding hydrogens is 220 g/mol. The number of carbonyl (C=O) groups excluding carboxylic acids is 1. The van der Waals surface area contributed by atoms with Gasteiger partial charge in [-0.25, -0.2) is 4.68 Å². The van der Waals surface area contributed by atoms with Gasteiger partial charge in [-0.2, -0.15) is 5.10 Å². The molecule has 1 heterocycles. The van der Waals surface area contributed by atoms with Crippen molar-refractivity contribution in [2.24, 2.45) is 13.0 Å². The van der Waals surface area contributed by atoms with Gasteiger partial charge in [-0.15, -0.1) is 0 Å². The van der Waals surface area contributed by atoms with Gasteiger partial charge in [-0.3, -0.25) is 9.59 Å². The molecule has 0 amide bonds. The van der Waals surface area contributed by atoms with E-state index in [1.807, 2.05) is 0 Å². The van der Waals surface area contributed by atoms with Crippen LogP contribution in [0.1, 0.15) is 24.6 Å². The summed E-state index contributed by atoms with van der Waals surface area (Å²) in [5.41, 5.74) is 1.68. The van der Waals surface area contributed by atoms with Gasteiger partial charge in [0.15, 0.2) is 0 Å². The first-order valence-electron chi connectivity index (χ1n) is 5.84. The highest BCUT2D eigenvalue weighted by atomic mass is 16.5. The van der Waals surface area contributed by atoms with E-state index in [0.717, 1.165) is 24.1 Å². The fraction of sp³-hybridized carbons (Fsp3) is 0.583. The standard InChI is InChI=1S/C12H16N2O3/c1-3-17-12(16)8-4-5-10-9(6-8)7-11(15)14(2)13-10/h7-8H,3-6H2,1-2H3/t8-/m0/s1. The van der Waals surface area contributed by atoms with Crippen LogP contribution in [0.2, 0.25) is 0 Å². The number of aryl methyl sites for hydroxylation is 2. The average Bonchev–Trinajstić information content (AvgIpc) is 2.30. The van der Waals surface area contributed by atoms with Crippen LogP contribution in [0, 0.1) is 5.92 Å². The fourth-order valence-corrected chi connectivity index (χ4v) is 2.15. The molecule has 1 aliphatic carbocycles. The van der Waals surface area contributed by atoms with Crippen LogP contribution in [0.25, 0.3) is 0 Å². The Morgan fingerprint density at radius 1 is 1.65 bits per heavy atom. The first kappa shape index (κ1) is 11.8. The molecule has 0 radical (unpaired) electrons. The van der Waals surface area contributed by atoms with Crippen LogP contribution in [0.15, 0.2) is 10.9 Å². The topological polar surface area (TPSA) is 61.2 Å². The van der Waals surface area contributed by atoms with E-state index < -0.39 is 0 Å². The summed E-state index contributed by atoms with van der Waals surface area (Å²) < 4.78 is 6.34. The molecule has 92 valence electrons. The second kappa shape index (κ2) is 4.69. The first-order valence-corrected chi connectivity index (χ1v) is 5.84. The Morgan fingerprint density at radius 2 is 2.41 bits per heavy atom. The Kier molecular flexibility index (Phi) is 3.26. The van der Waals surface area contributed by atoms with Gasteiger partial charge in [0.2, 0.25) is 0 Å². The monoisotopic (exact) mass is 236 g/mol. The van der Waals surface area contributed by atoms with Crippen molar-refractivity contribution in [1.29, 1.82) is 0 Å². The summed E-state index contributed by atoms with van der Waals surface area (Å²) in [4.78, 5) is 23.1. The van der Waals surface area contributed by atoms with Crippen LogP contribution in [0.3, 0.4) is 0 Å². The molecule has 2 rings (SSSR count). The van der Waals surface area contributed by atoms with E-state index >= 15 is 0 Å². The molecule has 0 saturated heterocycles. The van der Waals surface area contributed by atoms with Crippen molar-refractivity contribution in [2.45, 2.75) is 26.2 Å². The number of nitrogens with zero attached hydrogens (tertiary/aromatic N) is 2. The zero-order chi connectivity index (χ0) is 12.4. The SMILES string of the molecule is CCOC(=O)[C@H]1CCc2nn(C)c(=O)cc2C1. The molecule has 1 aromatic heterocycles.